The van der Waals surface area contributed by atoms with Gasteiger partial charge >= 0.3 is 0 Å². The van der Waals surface area contributed by atoms with Crippen LogP contribution in [0.25, 0.3) is 0 Å². The second kappa shape index (κ2) is 6.05. The van der Waals surface area contributed by atoms with Crippen LogP contribution in [-0.4, -0.2) is 34.5 Å². The van der Waals surface area contributed by atoms with E-state index in [1.165, 1.54) is 30.5 Å². The van der Waals surface area contributed by atoms with Crippen LogP contribution in [0.2, 0.25) is 0 Å². The first-order valence-electron chi connectivity index (χ1n) is 8.18. The lowest BCUT2D eigenvalue weighted by atomic mass is 10.2. The Morgan fingerprint density at radius 3 is 2.73 bits per heavy atom. The zero-order chi connectivity index (χ0) is 14.8. The molecule has 2 aliphatic rings. The number of aromatic nitrogens is 2. The Kier molecular flexibility index (Phi) is 3.77. The summed E-state index contributed by atoms with van der Waals surface area (Å²) >= 11 is 0. The summed E-state index contributed by atoms with van der Waals surface area (Å²) in [4.78, 5) is 13.8. The van der Waals surface area contributed by atoms with Crippen LogP contribution in [-0.2, 0) is 13.1 Å². The Morgan fingerprint density at radius 2 is 1.91 bits per heavy atom. The number of rotatable bonds is 4. The molecule has 1 aliphatic carbocycles. The molecule has 2 aromatic heterocycles. The smallest absolute Gasteiger partial charge is 0.133 e. The number of hydrogen-bond donors (Lipinski definition) is 0. The molecule has 3 heterocycles. The van der Waals surface area contributed by atoms with Crippen molar-refractivity contribution in [3.8, 4) is 0 Å². The van der Waals surface area contributed by atoms with Gasteiger partial charge in [-0.3, -0.25) is 9.88 Å². The van der Waals surface area contributed by atoms with E-state index in [-0.39, 0.29) is 0 Å². The maximum absolute atomic E-state index is 4.67. The van der Waals surface area contributed by atoms with Gasteiger partial charge in [-0.15, -0.1) is 0 Å². The first-order valence-corrected chi connectivity index (χ1v) is 8.18. The molecule has 0 bridgehead atoms. The van der Waals surface area contributed by atoms with Crippen LogP contribution in [0.5, 0.6) is 0 Å². The van der Waals surface area contributed by atoms with Crippen molar-refractivity contribution in [2.75, 3.05) is 24.5 Å². The minimum atomic E-state index is 0.907. The van der Waals surface area contributed by atoms with E-state index in [1.54, 1.807) is 0 Å². The van der Waals surface area contributed by atoms with Crippen LogP contribution in [0.3, 0.4) is 0 Å². The van der Waals surface area contributed by atoms with Crippen LogP contribution >= 0.6 is 0 Å². The van der Waals surface area contributed by atoms with Crippen LogP contribution < -0.4 is 4.90 Å². The Morgan fingerprint density at radius 1 is 1.05 bits per heavy atom. The summed E-state index contributed by atoms with van der Waals surface area (Å²) in [5.74, 6) is 2.09. The van der Waals surface area contributed by atoms with Crippen molar-refractivity contribution in [3.05, 3.63) is 54.0 Å². The van der Waals surface area contributed by atoms with Crippen molar-refractivity contribution in [3.63, 3.8) is 0 Å². The van der Waals surface area contributed by atoms with Gasteiger partial charge in [-0.1, -0.05) is 6.07 Å². The van der Waals surface area contributed by atoms with Crippen molar-refractivity contribution in [1.82, 2.24) is 14.9 Å². The summed E-state index contributed by atoms with van der Waals surface area (Å²) in [5.41, 5.74) is 2.65. The van der Waals surface area contributed by atoms with Gasteiger partial charge in [0.15, 0.2) is 0 Å². The third-order valence-electron chi connectivity index (χ3n) is 4.58. The summed E-state index contributed by atoms with van der Waals surface area (Å²) in [7, 11) is 0. The molecule has 1 saturated carbocycles. The summed E-state index contributed by atoms with van der Waals surface area (Å²) in [6.07, 6.45) is 8.47. The van der Waals surface area contributed by atoms with E-state index in [1.807, 2.05) is 18.6 Å². The van der Waals surface area contributed by atoms with Gasteiger partial charge in [0.1, 0.15) is 5.82 Å². The highest BCUT2D eigenvalue weighted by Crippen LogP contribution is 2.31. The molecule has 0 spiro atoms. The molecule has 1 fully saturated rings. The first kappa shape index (κ1) is 13.7. The molecular formula is C18H22N4. The Hall–Kier alpha value is -1.94. The van der Waals surface area contributed by atoms with Gasteiger partial charge in [-0.25, -0.2) is 4.98 Å². The van der Waals surface area contributed by atoms with Gasteiger partial charge in [0.25, 0.3) is 0 Å². The second-order valence-electron chi connectivity index (χ2n) is 6.44. The predicted octanol–water partition coefficient (Wildman–Crippen LogP) is 2.71. The Balaban J connectivity index is 1.56. The highest BCUT2D eigenvalue weighted by atomic mass is 15.3. The first-order chi connectivity index (χ1) is 10.9. The van der Waals surface area contributed by atoms with Crippen molar-refractivity contribution in [1.29, 1.82) is 0 Å². The lowest BCUT2D eigenvalue weighted by molar-refractivity contribution is 0.265. The lowest BCUT2D eigenvalue weighted by Gasteiger charge is -2.24. The molecular weight excluding hydrogens is 272 g/mol. The molecule has 0 atom stereocenters. The van der Waals surface area contributed by atoms with E-state index in [9.17, 15) is 0 Å². The molecule has 1 aliphatic heterocycles. The fraction of sp³-hybridized carbons (Fsp3) is 0.444. The molecule has 22 heavy (non-hydrogen) atoms. The van der Waals surface area contributed by atoms with Crippen molar-refractivity contribution in [2.24, 2.45) is 5.92 Å². The van der Waals surface area contributed by atoms with Crippen molar-refractivity contribution in [2.45, 2.75) is 25.9 Å². The lowest BCUT2D eigenvalue weighted by Crippen LogP contribution is -2.32. The van der Waals surface area contributed by atoms with Crippen LogP contribution in [0.4, 0.5) is 5.82 Å². The van der Waals surface area contributed by atoms with Crippen LogP contribution in [0.15, 0.2) is 42.9 Å². The molecule has 0 N–H and O–H groups in total. The monoisotopic (exact) mass is 294 g/mol. The second-order valence-corrected chi connectivity index (χ2v) is 6.44. The standard InChI is InChI=1S/C18H22N4/c1-2-17-14-21(12-15-3-4-15)10-11-22(18(17)20-7-1)13-16-5-8-19-9-6-16/h1-2,5-9,15H,3-4,10-14H2. The minimum absolute atomic E-state index is 0.907. The zero-order valence-electron chi connectivity index (χ0n) is 12.9. The fourth-order valence-electron chi connectivity index (χ4n) is 3.21. The highest BCUT2D eigenvalue weighted by molar-refractivity contribution is 5.48. The van der Waals surface area contributed by atoms with Gasteiger partial charge < -0.3 is 4.90 Å². The molecule has 0 saturated heterocycles. The summed E-state index contributed by atoms with van der Waals surface area (Å²) in [5, 5.41) is 0. The number of nitrogens with zero attached hydrogens (tertiary/aromatic N) is 4. The number of fused-ring (bicyclic) bond motifs is 1. The Labute approximate surface area is 131 Å². The van der Waals surface area contributed by atoms with E-state index < -0.39 is 0 Å². The average Bonchev–Trinajstić information content (AvgIpc) is 3.38. The Bertz CT molecular complexity index is 624. The number of pyridine rings is 2. The van der Waals surface area contributed by atoms with Gasteiger partial charge in [-0.2, -0.15) is 0 Å². The molecule has 0 aromatic carbocycles. The van der Waals surface area contributed by atoms with Crippen molar-refractivity contribution >= 4 is 5.82 Å². The van der Waals surface area contributed by atoms with Gasteiger partial charge in [0.05, 0.1) is 0 Å². The normalized spacial score (nSPS) is 18.8. The molecule has 4 rings (SSSR count). The molecule has 114 valence electrons. The SMILES string of the molecule is c1cnc2c(c1)CN(CC1CC1)CCN2Cc1ccncc1. The van der Waals surface area contributed by atoms with E-state index in [4.69, 9.17) is 0 Å². The summed E-state index contributed by atoms with van der Waals surface area (Å²) < 4.78 is 0. The minimum Gasteiger partial charge on any atom is -0.351 e. The van der Waals surface area contributed by atoms with E-state index in [0.717, 1.165) is 37.9 Å². The third kappa shape index (κ3) is 3.12. The molecule has 0 unspecified atom stereocenters. The quantitative estimate of drug-likeness (QED) is 0.868. The maximum atomic E-state index is 4.67. The third-order valence-corrected chi connectivity index (χ3v) is 4.58. The number of hydrogen-bond acceptors (Lipinski definition) is 4. The van der Waals surface area contributed by atoms with E-state index in [2.05, 4.69) is 44.0 Å². The molecule has 4 heteroatoms. The zero-order valence-corrected chi connectivity index (χ0v) is 12.9. The van der Waals surface area contributed by atoms with Crippen LogP contribution in [0.1, 0.15) is 24.0 Å². The number of anilines is 1. The van der Waals surface area contributed by atoms with E-state index in [0.29, 0.717) is 0 Å². The average molecular weight is 294 g/mol. The molecule has 2 aromatic rings. The largest absolute Gasteiger partial charge is 0.351 e. The van der Waals surface area contributed by atoms with Crippen molar-refractivity contribution < 1.29 is 0 Å². The topological polar surface area (TPSA) is 32.3 Å². The van der Waals surface area contributed by atoms with Gasteiger partial charge in [-0.05, 0) is 42.5 Å². The summed E-state index contributed by atoms with van der Waals surface area (Å²) in [6, 6.07) is 8.47. The highest BCUT2D eigenvalue weighted by Gasteiger charge is 2.27. The fourth-order valence-corrected chi connectivity index (χ4v) is 3.21. The van der Waals surface area contributed by atoms with Crippen LogP contribution in [0, 0.1) is 5.92 Å². The molecule has 0 radical (unpaired) electrons. The maximum Gasteiger partial charge on any atom is 0.133 e. The van der Waals surface area contributed by atoms with Gasteiger partial charge in [0, 0.05) is 56.9 Å². The van der Waals surface area contributed by atoms with E-state index >= 15 is 0 Å². The predicted molar refractivity (Wildman–Crippen MR) is 87.5 cm³/mol. The summed E-state index contributed by atoms with van der Waals surface area (Å²) in [6.45, 7) is 5.35. The molecule has 4 nitrogen and oxygen atoms in total. The molecule has 0 amide bonds. The van der Waals surface area contributed by atoms with Gasteiger partial charge in [0.2, 0.25) is 0 Å².